The molecule has 1 aromatic carbocycles. The van der Waals surface area contributed by atoms with Gasteiger partial charge in [-0.3, -0.25) is 4.79 Å². The summed E-state index contributed by atoms with van der Waals surface area (Å²) in [4.78, 5) is 11.7. The highest BCUT2D eigenvalue weighted by molar-refractivity contribution is 5.81. The molecular weight excluding hydrogens is 219 g/mol. The maximum absolute atomic E-state index is 12.2. The molecule has 1 aromatic heterocycles. The zero-order valence-electron chi connectivity index (χ0n) is 8.16. The number of hydrogen-bond donors (Lipinski definition) is 0. The van der Waals surface area contributed by atoms with Crippen molar-refractivity contribution in [1.29, 1.82) is 0 Å². The van der Waals surface area contributed by atoms with E-state index in [2.05, 4.69) is 0 Å². The third-order valence-electron chi connectivity index (χ3n) is 2.24. The van der Waals surface area contributed by atoms with Crippen LogP contribution in [0.4, 0.5) is 13.2 Å². The molecule has 0 aliphatic rings. The lowest BCUT2D eigenvalue weighted by Crippen LogP contribution is -2.27. The minimum atomic E-state index is -4.38. The second kappa shape index (κ2) is 3.66. The molecule has 0 fully saturated rings. The Bertz CT molecular complexity index is 571. The van der Waals surface area contributed by atoms with E-state index in [0.717, 1.165) is 6.20 Å². The van der Waals surface area contributed by atoms with E-state index in [-0.39, 0.29) is 0 Å². The molecule has 84 valence electrons. The molecule has 0 aliphatic carbocycles. The molecule has 0 aliphatic heterocycles. The van der Waals surface area contributed by atoms with E-state index in [1.54, 1.807) is 18.2 Å². The van der Waals surface area contributed by atoms with Gasteiger partial charge >= 0.3 is 6.18 Å². The summed E-state index contributed by atoms with van der Waals surface area (Å²) in [6.45, 7) is -1.25. The fraction of sp³-hybridized carbons (Fsp3) is 0.182. The van der Waals surface area contributed by atoms with Crippen molar-refractivity contribution in [1.82, 2.24) is 4.57 Å². The number of alkyl halides is 3. The molecule has 2 nitrogen and oxygen atoms in total. The van der Waals surface area contributed by atoms with Gasteiger partial charge in [0, 0.05) is 11.6 Å². The van der Waals surface area contributed by atoms with Gasteiger partial charge in [0.05, 0.1) is 0 Å². The summed E-state index contributed by atoms with van der Waals surface area (Å²) < 4.78 is 37.2. The number of benzene rings is 1. The first-order chi connectivity index (χ1) is 7.47. The minimum absolute atomic E-state index is 0.300. The molecular formula is C11H8F3NO. The van der Waals surface area contributed by atoms with Crippen LogP contribution in [0, 0.1) is 0 Å². The maximum atomic E-state index is 12.2. The van der Waals surface area contributed by atoms with Crippen molar-refractivity contribution >= 4 is 10.8 Å². The molecule has 0 bridgehead atoms. The minimum Gasteiger partial charge on any atom is -0.306 e. The summed E-state index contributed by atoms with van der Waals surface area (Å²) >= 11 is 0. The number of rotatable bonds is 1. The van der Waals surface area contributed by atoms with Gasteiger partial charge in [-0.05, 0) is 17.5 Å². The van der Waals surface area contributed by atoms with Crippen LogP contribution < -0.4 is 5.56 Å². The Balaban J connectivity index is 2.57. The SMILES string of the molecule is O=c1c2ccccc2ccn1CC(F)(F)F. The molecule has 0 unspecified atom stereocenters. The van der Waals surface area contributed by atoms with E-state index in [4.69, 9.17) is 0 Å². The molecule has 0 saturated heterocycles. The smallest absolute Gasteiger partial charge is 0.306 e. The van der Waals surface area contributed by atoms with E-state index in [1.165, 1.54) is 12.1 Å². The highest BCUT2D eigenvalue weighted by atomic mass is 19.4. The Kier molecular flexibility index (Phi) is 2.46. The zero-order valence-corrected chi connectivity index (χ0v) is 8.16. The Morgan fingerprint density at radius 2 is 1.81 bits per heavy atom. The summed E-state index contributed by atoms with van der Waals surface area (Å²) in [5, 5.41) is 0.945. The lowest BCUT2D eigenvalue weighted by atomic mass is 10.2. The first kappa shape index (κ1) is 10.7. The topological polar surface area (TPSA) is 22.0 Å². The van der Waals surface area contributed by atoms with Crippen LogP contribution in [0.2, 0.25) is 0 Å². The van der Waals surface area contributed by atoms with Gasteiger partial charge in [0.25, 0.3) is 5.56 Å². The third-order valence-corrected chi connectivity index (χ3v) is 2.24. The molecule has 1 heterocycles. The molecule has 0 radical (unpaired) electrons. The molecule has 16 heavy (non-hydrogen) atoms. The molecule has 0 saturated carbocycles. The summed E-state index contributed by atoms with van der Waals surface area (Å²) in [5.41, 5.74) is -0.615. The highest BCUT2D eigenvalue weighted by Crippen LogP contribution is 2.17. The summed E-state index contributed by atoms with van der Waals surface area (Å²) in [7, 11) is 0. The van der Waals surface area contributed by atoms with Gasteiger partial charge < -0.3 is 4.57 Å². The van der Waals surface area contributed by atoms with Crippen molar-refractivity contribution in [3.8, 4) is 0 Å². The van der Waals surface area contributed by atoms with Crippen LogP contribution in [-0.2, 0) is 6.54 Å². The standard InChI is InChI=1S/C11H8F3NO/c12-11(13,14)7-15-6-5-8-3-1-2-4-9(8)10(15)16/h1-6H,7H2. The van der Waals surface area contributed by atoms with E-state index >= 15 is 0 Å². The van der Waals surface area contributed by atoms with Crippen molar-refractivity contribution < 1.29 is 13.2 Å². The van der Waals surface area contributed by atoms with Crippen LogP contribution >= 0.6 is 0 Å². The molecule has 2 aromatic rings. The Labute approximate surface area is 88.9 Å². The number of pyridine rings is 1. The maximum Gasteiger partial charge on any atom is 0.406 e. The predicted molar refractivity (Wildman–Crippen MR) is 54.3 cm³/mol. The van der Waals surface area contributed by atoms with E-state index in [1.807, 2.05) is 0 Å². The Hall–Kier alpha value is -1.78. The van der Waals surface area contributed by atoms with Gasteiger partial charge in [0.2, 0.25) is 0 Å². The lowest BCUT2D eigenvalue weighted by Gasteiger charge is -2.09. The molecule has 0 spiro atoms. The van der Waals surface area contributed by atoms with Gasteiger partial charge in [-0.25, -0.2) is 0 Å². The molecule has 0 N–H and O–H groups in total. The first-order valence-electron chi connectivity index (χ1n) is 4.62. The van der Waals surface area contributed by atoms with Crippen molar-refractivity contribution in [3.63, 3.8) is 0 Å². The lowest BCUT2D eigenvalue weighted by molar-refractivity contribution is -0.141. The van der Waals surface area contributed by atoms with E-state index < -0.39 is 18.3 Å². The fourth-order valence-corrected chi connectivity index (χ4v) is 1.55. The second-order valence-corrected chi connectivity index (χ2v) is 3.45. The monoisotopic (exact) mass is 227 g/mol. The number of fused-ring (bicyclic) bond motifs is 1. The number of nitrogens with zero attached hydrogens (tertiary/aromatic N) is 1. The summed E-state index contributed by atoms with van der Waals surface area (Å²) in [6.07, 6.45) is -3.22. The molecule has 5 heteroatoms. The van der Waals surface area contributed by atoms with Crippen molar-refractivity contribution in [2.24, 2.45) is 0 Å². The molecule has 0 atom stereocenters. The van der Waals surface area contributed by atoms with E-state index in [0.29, 0.717) is 15.3 Å². The van der Waals surface area contributed by atoms with Gasteiger partial charge in [-0.15, -0.1) is 0 Å². The van der Waals surface area contributed by atoms with Crippen LogP contribution in [0.3, 0.4) is 0 Å². The predicted octanol–water partition coefficient (Wildman–Crippen LogP) is 2.56. The van der Waals surface area contributed by atoms with Crippen LogP contribution in [0.1, 0.15) is 0 Å². The van der Waals surface area contributed by atoms with Crippen LogP contribution in [-0.4, -0.2) is 10.7 Å². The number of halogens is 3. The van der Waals surface area contributed by atoms with Gasteiger partial charge in [-0.2, -0.15) is 13.2 Å². The van der Waals surface area contributed by atoms with Crippen molar-refractivity contribution in [2.75, 3.05) is 0 Å². The average molecular weight is 227 g/mol. The van der Waals surface area contributed by atoms with Crippen molar-refractivity contribution in [3.05, 3.63) is 46.9 Å². The average Bonchev–Trinajstić information content (AvgIpc) is 2.21. The summed E-state index contributed by atoms with van der Waals surface area (Å²) in [5.74, 6) is 0. The van der Waals surface area contributed by atoms with Crippen molar-refractivity contribution in [2.45, 2.75) is 12.7 Å². The highest BCUT2D eigenvalue weighted by Gasteiger charge is 2.28. The quantitative estimate of drug-likeness (QED) is 0.733. The first-order valence-corrected chi connectivity index (χ1v) is 4.62. The fourth-order valence-electron chi connectivity index (χ4n) is 1.55. The van der Waals surface area contributed by atoms with E-state index in [9.17, 15) is 18.0 Å². The van der Waals surface area contributed by atoms with Crippen LogP contribution in [0.15, 0.2) is 41.3 Å². The zero-order chi connectivity index (χ0) is 11.8. The van der Waals surface area contributed by atoms with Gasteiger partial charge in [0.15, 0.2) is 0 Å². The van der Waals surface area contributed by atoms with Gasteiger partial charge in [0.1, 0.15) is 6.54 Å². The van der Waals surface area contributed by atoms with Crippen LogP contribution in [0.25, 0.3) is 10.8 Å². The van der Waals surface area contributed by atoms with Gasteiger partial charge in [-0.1, -0.05) is 18.2 Å². The Morgan fingerprint density at radius 3 is 2.50 bits per heavy atom. The largest absolute Gasteiger partial charge is 0.406 e. The second-order valence-electron chi connectivity index (χ2n) is 3.45. The van der Waals surface area contributed by atoms with Crippen LogP contribution in [0.5, 0.6) is 0 Å². The third kappa shape index (κ3) is 2.08. The number of hydrogen-bond acceptors (Lipinski definition) is 1. The Morgan fingerprint density at radius 1 is 1.12 bits per heavy atom. The molecule has 0 amide bonds. The molecule has 2 rings (SSSR count). The normalized spacial score (nSPS) is 11.9. The number of aromatic nitrogens is 1. The summed E-state index contributed by atoms with van der Waals surface area (Å²) in [6, 6.07) is 8.07.